The Morgan fingerprint density at radius 2 is 1.92 bits per heavy atom. The summed E-state index contributed by atoms with van der Waals surface area (Å²) in [5.41, 5.74) is 4.04. The van der Waals surface area contributed by atoms with Crippen molar-refractivity contribution in [2.45, 2.75) is 26.8 Å². The zero-order valence-electron chi connectivity index (χ0n) is 15.0. The summed E-state index contributed by atoms with van der Waals surface area (Å²) in [4.78, 5) is 16.8. The number of hydrogen-bond donors (Lipinski definition) is 1. The predicted molar refractivity (Wildman–Crippen MR) is 105 cm³/mol. The highest BCUT2D eigenvalue weighted by Gasteiger charge is 2.12. The van der Waals surface area contributed by atoms with Gasteiger partial charge in [0.05, 0.1) is 24.3 Å². The Bertz CT molecular complexity index is 872. The Labute approximate surface area is 157 Å². The van der Waals surface area contributed by atoms with Crippen molar-refractivity contribution in [3.8, 4) is 16.3 Å². The molecule has 1 aromatic heterocycles. The number of carbonyl (C=O) groups excluding carboxylic acids is 1. The first-order valence-corrected chi connectivity index (χ1v) is 9.52. The van der Waals surface area contributed by atoms with Crippen LogP contribution in [0.5, 0.6) is 5.75 Å². The smallest absolute Gasteiger partial charge is 0.226 e. The molecule has 26 heavy (non-hydrogen) atoms. The highest BCUT2D eigenvalue weighted by atomic mass is 32.1. The molecule has 4 nitrogen and oxygen atoms in total. The van der Waals surface area contributed by atoms with Crippen molar-refractivity contribution >= 4 is 17.2 Å². The van der Waals surface area contributed by atoms with Crippen LogP contribution < -0.4 is 10.1 Å². The van der Waals surface area contributed by atoms with E-state index in [0.717, 1.165) is 27.6 Å². The largest absolute Gasteiger partial charge is 0.493 e. The number of nitrogens with one attached hydrogen (secondary N) is 1. The van der Waals surface area contributed by atoms with Crippen LogP contribution in [0.3, 0.4) is 0 Å². The van der Waals surface area contributed by atoms with Crippen molar-refractivity contribution in [2.24, 2.45) is 0 Å². The molecule has 3 rings (SSSR count). The highest BCUT2D eigenvalue weighted by molar-refractivity contribution is 7.13. The molecule has 0 aliphatic heterocycles. The van der Waals surface area contributed by atoms with Crippen LogP contribution >= 0.6 is 11.3 Å². The highest BCUT2D eigenvalue weighted by Crippen LogP contribution is 2.32. The molecule has 5 heteroatoms. The predicted octanol–water partition coefficient (Wildman–Crippen LogP) is 4.38. The number of thiazole rings is 1. The second kappa shape index (κ2) is 8.63. The van der Waals surface area contributed by atoms with Crippen molar-refractivity contribution in [1.29, 1.82) is 0 Å². The molecule has 0 saturated carbocycles. The van der Waals surface area contributed by atoms with Gasteiger partial charge in [0, 0.05) is 11.9 Å². The molecule has 0 fully saturated rings. The van der Waals surface area contributed by atoms with Gasteiger partial charge in [-0.25, -0.2) is 4.98 Å². The van der Waals surface area contributed by atoms with Gasteiger partial charge in [0.2, 0.25) is 5.91 Å². The van der Waals surface area contributed by atoms with Gasteiger partial charge in [0.1, 0.15) is 10.8 Å². The summed E-state index contributed by atoms with van der Waals surface area (Å²) >= 11 is 1.53. The van der Waals surface area contributed by atoms with E-state index in [-0.39, 0.29) is 12.3 Å². The zero-order valence-corrected chi connectivity index (χ0v) is 15.8. The van der Waals surface area contributed by atoms with Crippen LogP contribution in [0.1, 0.15) is 23.7 Å². The summed E-state index contributed by atoms with van der Waals surface area (Å²) in [6.07, 6.45) is 0.277. The van der Waals surface area contributed by atoms with Gasteiger partial charge in [-0.1, -0.05) is 42.0 Å². The Kier molecular flexibility index (Phi) is 6.02. The molecule has 0 unspecified atom stereocenters. The van der Waals surface area contributed by atoms with Crippen LogP contribution in [-0.2, 0) is 17.8 Å². The standard InChI is InChI=1S/C21H22N2O2S/c1-3-25-19-7-5-4-6-18(19)21-23-17(14-26-21)12-20(24)22-13-16-10-8-15(2)9-11-16/h4-11,14H,3,12-13H2,1-2H3,(H,22,24). The first-order chi connectivity index (χ1) is 12.7. The first-order valence-electron chi connectivity index (χ1n) is 8.64. The van der Waals surface area contributed by atoms with Crippen LogP contribution in [0.15, 0.2) is 53.9 Å². The fourth-order valence-corrected chi connectivity index (χ4v) is 3.42. The number of ether oxygens (including phenoxy) is 1. The van der Waals surface area contributed by atoms with Crippen LogP contribution in [-0.4, -0.2) is 17.5 Å². The number of carbonyl (C=O) groups is 1. The molecule has 3 aromatic rings. The van der Waals surface area contributed by atoms with E-state index >= 15 is 0 Å². The van der Waals surface area contributed by atoms with Crippen LogP contribution in [0, 0.1) is 6.92 Å². The molecule has 0 aliphatic carbocycles. The van der Waals surface area contributed by atoms with Gasteiger partial charge in [0.25, 0.3) is 0 Å². The number of para-hydroxylation sites is 1. The minimum Gasteiger partial charge on any atom is -0.493 e. The van der Waals surface area contributed by atoms with E-state index < -0.39 is 0 Å². The summed E-state index contributed by atoms with van der Waals surface area (Å²) in [6.45, 7) is 5.15. The summed E-state index contributed by atoms with van der Waals surface area (Å²) in [5, 5.41) is 5.75. The number of aryl methyl sites for hydroxylation is 1. The normalized spacial score (nSPS) is 10.5. The molecule has 2 aromatic carbocycles. The number of aromatic nitrogens is 1. The lowest BCUT2D eigenvalue weighted by Gasteiger charge is -2.07. The molecule has 0 saturated heterocycles. The average Bonchev–Trinajstić information content (AvgIpc) is 3.10. The maximum atomic E-state index is 12.2. The van der Waals surface area contributed by atoms with Crippen LogP contribution in [0.2, 0.25) is 0 Å². The third-order valence-corrected chi connectivity index (χ3v) is 4.85. The molecule has 0 radical (unpaired) electrons. The lowest BCUT2D eigenvalue weighted by molar-refractivity contribution is -0.120. The topological polar surface area (TPSA) is 51.2 Å². The monoisotopic (exact) mass is 366 g/mol. The zero-order chi connectivity index (χ0) is 18.4. The van der Waals surface area contributed by atoms with E-state index in [1.165, 1.54) is 16.9 Å². The summed E-state index contributed by atoms with van der Waals surface area (Å²) in [6, 6.07) is 16.0. The quantitative estimate of drug-likeness (QED) is 0.675. The maximum Gasteiger partial charge on any atom is 0.226 e. The summed E-state index contributed by atoms with van der Waals surface area (Å²) in [7, 11) is 0. The van der Waals surface area contributed by atoms with Gasteiger partial charge in [-0.15, -0.1) is 11.3 Å². The Morgan fingerprint density at radius 3 is 2.69 bits per heavy atom. The Balaban J connectivity index is 1.61. The SMILES string of the molecule is CCOc1ccccc1-c1nc(CC(=O)NCc2ccc(C)cc2)cs1. The maximum absolute atomic E-state index is 12.2. The average molecular weight is 366 g/mol. The lowest BCUT2D eigenvalue weighted by atomic mass is 10.1. The van der Waals surface area contributed by atoms with Crippen molar-refractivity contribution < 1.29 is 9.53 Å². The number of benzene rings is 2. The van der Waals surface area contributed by atoms with Gasteiger partial charge in [-0.3, -0.25) is 4.79 Å². The fraction of sp³-hybridized carbons (Fsp3) is 0.238. The Hall–Kier alpha value is -2.66. The van der Waals surface area contributed by atoms with Crippen molar-refractivity contribution in [1.82, 2.24) is 10.3 Å². The second-order valence-corrected chi connectivity index (χ2v) is 6.87. The third kappa shape index (κ3) is 4.70. The Morgan fingerprint density at radius 1 is 1.15 bits per heavy atom. The number of rotatable bonds is 7. The van der Waals surface area contributed by atoms with E-state index in [1.54, 1.807) is 0 Å². The van der Waals surface area contributed by atoms with Crippen molar-refractivity contribution in [3.05, 3.63) is 70.7 Å². The minimum atomic E-state index is -0.0273. The number of hydrogen-bond acceptors (Lipinski definition) is 4. The van der Waals surface area contributed by atoms with Crippen molar-refractivity contribution in [2.75, 3.05) is 6.61 Å². The molecule has 0 aliphatic rings. The summed E-state index contributed by atoms with van der Waals surface area (Å²) in [5.74, 6) is 0.792. The molecule has 0 bridgehead atoms. The molecule has 0 atom stereocenters. The molecular formula is C21H22N2O2S. The molecule has 1 amide bonds. The van der Waals surface area contributed by atoms with Gasteiger partial charge < -0.3 is 10.1 Å². The van der Waals surface area contributed by atoms with E-state index in [4.69, 9.17) is 4.74 Å². The van der Waals surface area contributed by atoms with E-state index in [9.17, 15) is 4.79 Å². The molecular weight excluding hydrogens is 344 g/mol. The number of amides is 1. The summed E-state index contributed by atoms with van der Waals surface area (Å²) < 4.78 is 5.67. The molecule has 1 heterocycles. The van der Waals surface area contributed by atoms with E-state index in [1.807, 2.05) is 67.8 Å². The lowest BCUT2D eigenvalue weighted by Crippen LogP contribution is -2.24. The fourth-order valence-electron chi connectivity index (χ4n) is 2.57. The van der Waals surface area contributed by atoms with Gasteiger partial charge >= 0.3 is 0 Å². The third-order valence-electron chi connectivity index (χ3n) is 3.92. The minimum absolute atomic E-state index is 0.0273. The molecule has 134 valence electrons. The van der Waals surface area contributed by atoms with Crippen LogP contribution in [0.25, 0.3) is 10.6 Å². The van der Waals surface area contributed by atoms with Gasteiger partial charge in [-0.05, 0) is 31.5 Å². The van der Waals surface area contributed by atoms with Gasteiger partial charge in [0.15, 0.2) is 0 Å². The van der Waals surface area contributed by atoms with Gasteiger partial charge in [-0.2, -0.15) is 0 Å². The van der Waals surface area contributed by atoms with Crippen LogP contribution in [0.4, 0.5) is 0 Å². The van der Waals surface area contributed by atoms with E-state index in [2.05, 4.69) is 10.3 Å². The van der Waals surface area contributed by atoms with Crippen molar-refractivity contribution in [3.63, 3.8) is 0 Å². The second-order valence-electron chi connectivity index (χ2n) is 6.01. The first kappa shape index (κ1) is 18.1. The molecule has 1 N–H and O–H groups in total. The number of nitrogens with zero attached hydrogens (tertiary/aromatic N) is 1. The van der Waals surface area contributed by atoms with E-state index in [0.29, 0.717) is 13.2 Å². The molecule has 0 spiro atoms.